The number of nitrogens with two attached hydrogens (primary N) is 1. The van der Waals surface area contributed by atoms with Crippen LogP contribution in [0.25, 0.3) is 0 Å². The standard InChI is InChI=1S/C12H23N3O2S2/c1-5-6-19(16,17)10-11(13)15-18-12(10)14-7-9(4)8(2)3/h8-9,14H,5-7H2,1-4H3,(H2,13,15). The van der Waals surface area contributed by atoms with Gasteiger partial charge in [0.2, 0.25) is 0 Å². The van der Waals surface area contributed by atoms with Crippen LogP contribution in [0.2, 0.25) is 0 Å². The fraction of sp³-hybridized carbons (Fsp3) is 0.750. The fourth-order valence-electron chi connectivity index (χ4n) is 1.57. The lowest BCUT2D eigenvalue weighted by molar-refractivity contribution is 0.440. The summed E-state index contributed by atoms with van der Waals surface area (Å²) in [5.41, 5.74) is 5.70. The van der Waals surface area contributed by atoms with E-state index in [4.69, 9.17) is 5.73 Å². The molecule has 0 radical (unpaired) electrons. The van der Waals surface area contributed by atoms with Crippen molar-refractivity contribution < 1.29 is 8.42 Å². The maximum atomic E-state index is 12.2. The van der Waals surface area contributed by atoms with Gasteiger partial charge in [-0.2, -0.15) is 4.37 Å². The van der Waals surface area contributed by atoms with Gasteiger partial charge in [0.25, 0.3) is 0 Å². The normalized spacial score (nSPS) is 13.7. The lowest BCUT2D eigenvalue weighted by Gasteiger charge is -2.16. The number of nitrogens with zero attached hydrogens (tertiary/aromatic N) is 1. The SMILES string of the molecule is CCCS(=O)(=O)c1c(N)nsc1NCC(C)C(C)C. The highest BCUT2D eigenvalue weighted by atomic mass is 32.2. The summed E-state index contributed by atoms with van der Waals surface area (Å²) in [6.45, 7) is 8.96. The summed E-state index contributed by atoms with van der Waals surface area (Å²) in [5.74, 6) is 1.20. The number of anilines is 2. The Morgan fingerprint density at radius 3 is 2.53 bits per heavy atom. The molecule has 0 aliphatic carbocycles. The molecule has 1 aromatic heterocycles. The molecule has 0 fully saturated rings. The van der Waals surface area contributed by atoms with Crippen LogP contribution in [0.4, 0.5) is 10.8 Å². The average Bonchev–Trinajstić information content (AvgIpc) is 2.67. The summed E-state index contributed by atoms with van der Waals surface area (Å²) in [6, 6.07) is 0. The Balaban J connectivity index is 2.93. The molecule has 19 heavy (non-hydrogen) atoms. The number of sulfone groups is 1. The summed E-state index contributed by atoms with van der Waals surface area (Å²) < 4.78 is 28.3. The third-order valence-corrected chi connectivity index (χ3v) is 6.11. The highest BCUT2D eigenvalue weighted by molar-refractivity contribution is 7.91. The number of nitrogen functional groups attached to an aromatic ring is 1. The largest absolute Gasteiger partial charge is 0.382 e. The van der Waals surface area contributed by atoms with E-state index in [0.717, 1.165) is 11.5 Å². The number of rotatable bonds is 7. The van der Waals surface area contributed by atoms with Gasteiger partial charge in [0.1, 0.15) is 9.90 Å². The molecule has 110 valence electrons. The van der Waals surface area contributed by atoms with Crippen LogP contribution in [0.5, 0.6) is 0 Å². The highest BCUT2D eigenvalue weighted by Gasteiger charge is 2.25. The zero-order chi connectivity index (χ0) is 14.6. The van der Waals surface area contributed by atoms with Crippen LogP contribution in [0.1, 0.15) is 34.1 Å². The molecule has 7 heteroatoms. The third kappa shape index (κ3) is 4.07. The summed E-state index contributed by atoms with van der Waals surface area (Å²) in [5, 5.41) is 3.74. The minimum absolute atomic E-state index is 0.101. The Bertz CT molecular complexity index is 509. The van der Waals surface area contributed by atoms with E-state index in [1.807, 2.05) is 6.92 Å². The number of hydrogen-bond donors (Lipinski definition) is 2. The molecular weight excluding hydrogens is 282 g/mol. The van der Waals surface area contributed by atoms with E-state index < -0.39 is 9.84 Å². The van der Waals surface area contributed by atoms with Crippen molar-refractivity contribution in [1.82, 2.24) is 4.37 Å². The predicted octanol–water partition coefficient (Wildman–Crippen LogP) is 2.61. The molecule has 0 aliphatic rings. The van der Waals surface area contributed by atoms with Crippen molar-refractivity contribution >= 4 is 32.2 Å². The first-order valence-corrected chi connectivity index (χ1v) is 8.94. The van der Waals surface area contributed by atoms with Gasteiger partial charge in [-0.25, -0.2) is 8.42 Å². The van der Waals surface area contributed by atoms with Crippen LogP contribution in [-0.4, -0.2) is 25.1 Å². The Labute approximate surface area is 119 Å². The molecule has 0 bridgehead atoms. The first-order chi connectivity index (χ1) is 8.79. The van der Waals surface area contributed by atoms with E-state index >= 15 is 0 Å². The molecule has 1 unspecified atom stereocenters. The van der Waals surface area contributed by atoms with Gasteiger partial charge in [0.05, 0.1) is 5.75 Å². The minimum atomic E-state index is -3.34. The smallest absolute Gasteiger partial charge is 0.185 e. The molecule has 3 N–H and O–H groups in total. The van der Waals surface area contributed by atoms with Crippen LogP contribution < -0.4 is 11.1 Å². The molecule has 0 amide bonds. The van der Waals surface area contributed by atoms with Crippen LogP contribution in [0.3, 0.4) is 0 Å². The number of hydrogen-bond acceptors (Lipinski definition) is 6. The second kappa shape index (κ2) is 6.56. The highest BCUT2D eigenvalue weighted by Crippen LogP contribution is 2.32. The van der Waals surface area contributed by atoms with Crippen molar-refractivity contribution in [2.45, 2.75) is 39.0 Å². The van der Waals surface area contributed by atoms with Gasteiger partial charge in [-0.15, -0.1) is 0 Å². The van der Waals surface area contributed by atoms with E-state index in [1.54, 1.807) is 0 Å². The second-order valence-corrected chi connectivity index (χ2v) is 7.97. The van der Waals surface area contributed by atoms with Gasteiger partial charge in [-0.3, -0.25) is 0 Å². The van der Waals surface area contributed by atoms with Crippen molar-refractivity contribution in [3.8, 4) is 0 Å². The summed E-state index contributed by atoms with van der Waals surface area (Å²) in [6.07, 6.45) is 0.569. The van der Waals surface area contributed by atoms with Gasteiger partial charge < -0.3 is 11.1 Å². The molecular formula is C12H23N3O2S2. The van der Waals surface area contributed by atoms with E-state index in [-0.39, 0.29) is 16.5 Å². The Hall–Kier alpha value is -0.820. The first-order valence-electron chi connectivity index (χ1n) is 6.51. The Morgan fingerprint density at radius 2 is 2.00 bits per heavy atom. The first kappa shape index (κ1) is 16.2. The van der Waals surface area contributed by atoms with Gasteiger partial charge in [0, 0.05) is 6.54 Å². The molecule has 0 saturated heterocycles. The van der Waals surface area contributed by atoms with E-state index in [0.29, 0.717) is 29.8 Å². The topological polar surface area (TPSA) is 85.1 Å². The minimum Gasteiger partial charge on any atom is -0.382 e. The molecule has 0 spiro atoms. The quantitative estimate of drug-likeness (QED) is 0.809. The molecule has 0 saturated carbocycles. The van der Waals surface area contributed by atoms with E-state index in [1.165, 1.54) is 0 Å². The average molecular weight is 305 g/mol. The fourth-order valence-corrected chi connectivity index (χ4v) is 4.19. The maximum Gasteiger partial charge on any atom is 0.185 e. The second-order valence-electron chi connectivity index (χ2n) is 5.15. The van der Waals surface area contributed by atoms with Crippen LogP contribution in [0.15, 0.2) is 4.90 Å². The molecule has 1 aromatic rings. The van der Waals surface area contributed by atoms with Gasteiger partial charge in [-0.05, 0) is 29.8 Å². The zero-order valence-corrected chi connectivity index (χ0v) is 13.6. The van der Waals surface area contributed by atoms with Crippen molar-refractivity contribution in [3.05, 3.63) is 0 Å². The Kier molecular flexibility index (Phi) is 5.61. The van der Waals surface area contributed by atoms with E-state index in [9.17, 15) is 8.42 Å². The van der Waals surface area contributed by atoms with Gasteiger partial charge >= 0.3 is 0 Å². The molecule has 1 rings (SSSR count). The third-order valence-electron chi connectivity index (χ3n) is 3.18. The Morgan fingerprint density at radius 1 is 1.37 bits per heavy atom. The van der Waals surface area contributed by atoms with Crippen LogP contribution >= 0.6 is 11.5 Å². The molecule has 1 atom stereocenters. The van der Waals surface area contributed by atoms with Crippen LogP contribution in [-0.2, 0) is 9.84 Å². The maximum absolute atomic E-state index is 12.2. The molecule has 0 aliphatic heterocycles. The summed E-state index contributed by atoms with van der Waals surface area (Å²) in [7, 11) is -3.34. The lowest BCUT2D eigenvalue weighted by atomic mass is 9.98. The monoisotopic (exact) mass is 305 g/mol. The van der Waals surface area contributed by atoms with Crippen molar-refractivity contribution in [1.29, 1.82) is 0 Å². The number of aromatic nitrogens is 1. The predicted molar refractivity (Wildman–Crippen MR) is 81.4 cm³/mol. The lowest BCUT2D eigenvalue weighted by Crippen LogP contribution is -2.17. The van der Waals surface area contributed by atoms with E-state index in [2.05, 4.69) is 30.5 Å². The van der Waals surface area contributed by atoms with Gasteiger partial charge in [0.15, 0.2) is 15.7 Å². The summed E-state index contributed by atoms with van der Waals surface area (Å²) >= 11 is 1.12. The zero-order valence-electron chi connectivity index (χ0n) is 11.9. The van der Waals surface area contributed by atoms with Crippen molar-refractivity contribution in [3.63, 3.8) is 0 Å². The van der Waals surface area contributed by atoms with Crippen molar-refractivity contribution in [2.24, 2.45) is 11.8 Å². The van der Waals surface area contributed by atoms with Crippen LogP contribution in [0, 0.1) is 11.8 Å². The summed E-state index contributed by atoms with van der Waals surface area (Å²) in [4.78, 5) is 0.176. The number of nitrogens with one attached hydrogen (secondary N) is 1. The van der Waals surface area contributed by atoms with Gasteiger partial charge in [-0.1, -0.05) is 27.7 Å². The molecule has 5 nitrogen and oxygen atoms in total. The molecule has 1 heterocycles. The molecule has 0 aromatic carbocycles. The van der Waals surface area contributed by atoms with Crippen molar-refractivity contribution in [2.75, 3.05) is 23.3 Å².